The van der Waals surface area contributed by atoms with Crippen LogP contribution >= 0.6 is 11.8 Å². The zero-order valence-corrected chi connectivity index (χ0v) is 22.6. The van der Waals surface area contributed by atoms with Gasteiger partial charge >= 0.3 is 0 Å². The van der Waals surface area contributed by atoms with Crippen LogP contribution in [0.4, 0.5) is 11.6 Å². The molecule has 9 nitrogen and oxygen atoms in total. The van der Waals surface area contributed by atoms with E-state index in [0.717, 1.165) is 71.2 Å². The van der Waals surface area contributed by atoms with E-state index in [1.54, 1.807) is 37.4 Å². The maximum absolute atomic E-state index is 12.3. The van der Waals surface area contributed by atoms with Gasteiger partial charge in [0, 0.05) is 54.8 Å². The number of nitrogens with zero attached hydrogens (tertiary/aromatic N) is 5. The van der Waals surface area contributed by atoms with Crippen molar-refractivity contribution in [2.45, 2.75) is 19.1 Å². The lowest BCUT2D eigenvalue weighted by Gasteiger charge is -2.29. The highest BCUT2D eigenvalue weighted by Crippen LogP contribution is 2.33. The zero-order chi connectivity index (χ0) is 26.5. The molecule has 0 saturated carbocycles. The summed E-state index contributed by atoms with van der Waals surface area (Å²) in [5, 5.41) is 7.12. The highest BCUT2D eigenvalue weighted by Gasteiger charge is 2.17. The Labute approximate surface area is 226 Å². The van der Waals surface area contributed by atoms with Gasteiger partial charge in [-0.1, -0.05) is 18.2 Å². The number of amides is 1. The van der Waals surface area contributed by atoms with Gasteiger partial charge in [-0.25, -0.2) is 15.0 Å². The third-order valence-electron chi connectivity index (χ3n) is 6.62. The molecule has 0 spiro atoms. The standard InChI is InChI=1S/C28H31N7O2S/c1-18-13-20(15-31-27(18)35-9-11-37-12-10-35)24-14-25(33-16-32-24)34-17-38-19(2)21-5-4-6-22-23(28(36)29-3)7-8-30-26(21)22/h4-8,13-16,19H,9-12,17H2,1-3H3,(H,29,36)(H,32,33,34)/t19-/m0/s1. The molecule has 5 rings (SSSR count). The molecule has 3 aromatic heterocycles. The van der Waals surface area contributed by atoms with Crippen molar-refractivity contribution in [1.82, 2.24) is 25.3 Å². The van der Waals surface area contributed by atoms with Crippen LogP contribution in [0.15, 0.2) is 55.1 Å². The number of hydrogen-bond acceptors (Lipinski definition) is 9. The fourth-order valence-electron chi connectivity index (χ4n) is 4.62. The number of benzene rings is 1. The topological polar surface area (TPSA) is 105 Å². The van der Waals surface area contributed by atoms with Gasteiger partial charge in [0.25, 0.3) is 5.91 Å². The number of fused-ring (bicyclic) bond motifs is 1. The molecule has 10 heteroatoms. The van der Waals surface area contributed by atoms with Gasteiger partial charge in [-0.3, -0.25) is 9.78 Å². The maximum atomic E-state index is 12.3. The first-order valence-electron chi connectivity index (χ1n) is 12.6. The lowest BCUT2D eigenvalue weighted by Crippen LogP contribution is -2.37. The Bertz CT molecular complexity index is 1440. The SMILES string of the molecule is CNC(=O)c1ccnc2c([C@H](C)SCNc3cc(-c4cnc(N5CCOCC5)c(C)c4)ncn3)cccc12. The Hall–Kier alpha value is -3.76. The zero-order valence-electron chi connectivity index (χ0n) is 21.8. The summed E-state index contributed by atoms with van der Waals surface area (Å²) in [6, 6.07) is 11.8. The lowest BCUT2D eigenvalue weighted by atomic mass is 10.0. The number of rotatable bonds is 8. The smallest absolute Gasteiger partial charge is 0.251 e. The third kappa shape index (κ3) is 5.56. The van der Waals surface area contributed by atoms with Crippen molar-refractivity contribution in [3.8, 4) is 11.3 Å². The molecule has 1 amide bonds. The van der Waals surface area contributed by atoms with E-state index < -0.39 is 0 Å². The van der Waals surface area contributed by atoms with Crippen LogP contribution in [0.3, 0.4) is 0 Å². The van der Waals surface area contributed by atoms with Crippen LogP contribution in [0.2, 0.25) is 0 Å². The van der Waals surface area contributed by atoms with E-state index in [1.165, 1.54) is 0 Å². The Morgan fingerprint density at radius 1 is 1.13 bits per heavy atom. The second-order valence-corrected chi connectivity index (χ2v) is 10.4. The van der Waals surface area contributed by atoms with E-state index in [4.69, 9.17) is 9.72 Å². The lowest BCUT2D eigenvalue weighted by molar-refractivity contribution is 0.0964. The quantitative estimate of drug-likeness (QED) is 0.320. The summed E-state index contributed by atoms with van der Waals surface area (Å²) in [4.78, 5) is 32.8. The van der Waals surface area contributed by atoms with E-state index in [9.17, 15) is 4.79 Å². The molecule has 1 fully saturated rings. The van der Waals surface area contributed by atoms with Gasteiger partial charge in [0.15, 0.2) is 0 Å². The molecule has 1 aromatic carbocycles. The largest absolute Gasteiger partial charge is 0.378 e. The van der Waals surface area contributed by atoms with Gasteiger partial charge in [-0.05, 0) is 37.1 Å². The van der Waals surface area contributed by atoms with E-state index in [0.29, 0.717) is 11.4 Å². The molecule has 0 unspecified atom stereocenters. The number of thioether (sulfide) groups is 1. The van der Waals surface area contributed by atoms with Gasteiger partial charge in [0.1, 0.15) is 18.0 Å². The van der Waals surface area contributed by atoms with Gasteiger partial charge in [0.2, 0.25) is 0 Å². The number of hydrogen-bond donors (Lipinski definition) is 2. The molecule has 4 heterocycles. The number of para-hydroxylation sites is 1. The molecule has 0 radical (unpaired) electrons. The number of morpholine rings is 1. The number of ether oxygens (including phenoxy) is 1. The number of anilines is 2. The first-order valence-corrected chi connectivity index (χ1v) is 13.7. The minimum atomic E-state index is -0.114. The Balaban J connectivity index is 1.26. The molecule has 196 valence electrons. The van der Waals surface area contributed by atoms with Gasteiger partial charge in [-0.15, -0.1) is 11.8 Å². The molecular formula is C28H31N7O2S. The molecule has 38 heavy (non-hydrogen) atoms. The molecule has 1 atom stereocenters. The van der Waals surface area contributed by atoms with Crippen molar-refractivity contribution in [2.24, 2.45) is 0 Å². The molecule has 1 aliphatic rings. The summed E-state index contributed by atoms with van der Waals surface area (Å²) in [6.45, 7) is 7.40. The second-order valence-electron chi connectivity index (χ2n) is 9.06. The summed E-state index contributed by atoms with van der Waals surface area (Å²) >= 11 is 1.74. The van der Waals surface area contributed by atoms with Crippen molar-refractivity contribution in [1.29, 1.82) is 0 Å². The number of aromatic nitrogens is 4. The van der Waals surface area contributed by atoms with Gasteiger partial charge in [0.05, 0.1) is 35.9 Å². The Morgan fingerprint density at radius 3 is 2.76 bits per heavy atom. The predicted octanol–water partition coefficient (Wildman–Crippen LogP) is 4.46. The van der Waals surface area contributed by atoms with Crippen LogP contribution in [0.25, 0.3) is 22.2 Å². The summed E-state index contributed by atoms with van der Waals surface area (Å²) < 4.78 is 5.46. The average Bonchev–Trinajstić information content (AvgIpc) is 2.96. The summed E-state index contributed by atoms with van der Waals surface area (Å²) in [7, 11) is 1.64. The highest BCUT2D eigenvalue weighted by atomic mass is 32.2. The van der Waals surface area contributed by atoms with Crippen LogP contribution in [0, 0.1) is 6.92 Å². The van der Waals surface area contributed by atoms with Crippen molar-refractivity contribution in [2.75, 3.05) is 49.4 Å². The minimum Gasteiger partial charge on any atom is -0.378 e. The number of pyridine rings is 2. The summed E-state index contributed by atoms with van der Waals surface area (Å²) in [6.07, 6.45) is 5.14. The fraction of sp³-hybridized carbons (Fsp3) is 0.321. The van der Waals surface area contributed by atoms with Crippen LogP contribution in [0.5, 0.6) is 0 Å². The fourth-order valence-corrected chi connectivity index (χ4v) is 5.47. The van der Waals surface area contributed by atoms with Crippen molar-refractivity contribution >= 4 is 40.2 Å². The first kappa shape index (κ1) is 25.9. The molecule has 4 aromatic rings. The van der Waals surface area contributed by atoms with Crippen LogP contribution in [-0.2, 0) is 4.74 Å². The molecular weight excluding hydrogens is 498 g/mol. The molecule has 1 aliphatic heterocycles. The Morgan fingerprint density at radius 2 is 1.97 bits per heavy atom. The molecule has 1 saturated heterocycles. The molecule has 2 N–H and O–H groups in total. The number of aryl methyl sites for hydroxylation is 1. The van der Waals surface area contributed by atoms with Crippen LogP contribution in [0.1, 0.15) is 33.7 Å². The average molecular weight is 530 g/mol. The van der Waals surface area contributed by atoms with E-state index in [-0.39, 0.29) is 11.2 Å². The molecule has 0 bridgehead atoms. The number of carbonyl (C=O) groups excluding carboxylic acids is 1. The van der Waals surface area contributed by atoms with E-state index in [1.807, 2.05) is 24.4 Å². The monoisotopic (exact) mass is 529 g/mol. The van der Waals surface area contributed by atoms with Crippen molar-refractivity contribution in [3.05, 3.63) is 71.8 Å². The van der Waals surface area contributed by atoms with Crippen molar-refractivity contribution < 1.29 is 9.53 Å². The maximum Gasteiger partial charge on any atom is 0.251 e. The number of nitrogens with one attached hydrogen (secondary N) is 2. The van der Waals surface area contributed by atoms with Gasteiger partial charge < -0.3 is 20.3 Å². The second kappa shape index (κ2) is 11.7. The third-order valence-corrected chi connectivity index (χ3v) is 7.69. The van der Waals surface area contributed by atoms with E-state index in [2.05, 4.69) is 56.5 Å². The van der Waals surface area contributed by atoms with Crippen LogP contribution in [-0.4, -0.2) is 65.1 Å². The minimum absolute atomic E-state index is 0.114. The predicted molar refractivity (Wildman–Crippen MR) is 153 cm³/mol. The van der Waals surface area contributed by atoms with Crippen molar-refractivity contribution in [3.63, 3.8) is 0 Å². The summed E-state index contributed by atoms with van der Waals surface area (Å²) in [5.41, 5.74) is 5.46. The Kier molecular flexibility index (Phi) is 8.00. The normalized spacial score (nSPS) is 14.3. The summed E-state index contributed by atoms with van der Waals surface area (Å²) in [5.74, 6) is 2.29. The first-order chi connectivity index (χ1) is 18.5. The van der Waals surface area contributed by atoms with Crippen LogP contribution < -0.4 is 15.5 Å². The van der Waals surface area contributed by atoms with E-state index >= 15 is 0 Å². The number of carbonyl (C=O) groups is 1. The molecule has 0 aliphatic carbocycles. The highest BCUT2D eigenvalue weighted by molar-refractivity contribution is 7.99. The van der Waals surface area contributed by atoms with Gasteiger partial charge in [-0.2, -0.15) is 0 Å².